The zero-order valence-electron chi connectivity index (χ0n) is 12.0. The van der Waals surface area contributed by atoms with Crippen molar-refractivity contribution in [1.82, 2.24) is 5.32 Å². The lowest BCUT2D eigenvalue weighted by Crippen LogP contribution is -2.53. The fourth-order valence-corrected chi connectivity index (χ4v) is 2.40. The molecule has 0 aliphatic rings. The molecule has 0 unspecified atom stereocenters. The Morgan fingerprint density at radius 1 is 1.38 bits per heavy atom. The summed E-state index contributed by atoms with van der Waals surface area (Å²) in [6.07, 6.45) is 0.505. The molecule has 0 heterocycles. The second kappa shape index (κ2) is 8.57. The van der Waals surface area contributed by atoms with Crippen molar-refractivity contribution in [3.8, 4) is 0 Å². The van der Waals surface area contributed by atoms with E-state index in [4.69, 9.17) is 16.0 Å². The van der Waals surface area contributed by atoms with Gasteiger partial charge in [0.1, 0.15) is 6.04 Å². The van der Waals surface area contributed by atoms with E-state index in [1.165, 1.54) is 0 Å². The molecular formula is C11H23N3O5S2. The molecule has 8 nitrogen and oxygen atoms in total. The average molecular weight is 341 g/mol. The summed E-state index contributed by atoms with van der Waals surface area (Å²) in [5.41, 5.74) is 10.9. The minimum atomic E-state index is -4.15. The Hall–Kier alpha value is -0.840. The third kappa shape index (κ3) is 7.65. The maximum Gasteiger partial charge on any atom is 0.264 e. The maximum absolute atomic E-state index is 12.0. The molecule has 0 radical (unpaired) electrons. The number of nitrogens with one attached hydrogen (secondary N) is 1. The Bertz CT molecular complexity index is 468. The minimum absolute atomic E-state index is 0.134. The molecule has 0 aliphatic heterocycles. The monoisotopic (exact) mass is 341 g/mol. The first-order valence-corrected chi connectivity index (χ1v) is 8.60. The van der Waals surface area contributed by atoms with Crippen LogP contribution >= 0.6 is 12.6 Å². The van der Waals surface area contributed by atoms with Gasteiger partial charge in [0.2, 0.25) is 11.8 Å². The van der Waals surface area contributed by atoms with Crippen molar-refractivity contribution in [2.75, 3.05) is 5.75 Å². The molecule has 2 amide bonds. The molecule has 0 aromatic rings. The van der Waals surface area contributed by atoms with Gasteiger partial charge in [-0.1, -0.05) is 20.3 Å². The number of hydrogen-bond donors (Lipinski definition) is 5. The summed E-state index contributed by atoms with van der Waals surface area (Å²) >= 11 is 4.02. The Balaban J connectivity index is 4.65. The molecule has 0 aromatic carbocycles. The topological polar surface area (TPSA) is 153 Å². The molecule has 6 N–H and O–H groups in total. The van der Waals surface area contributed by atoms with Crippen LogP contribution in [-0.4, -0.2) is 47.9 Å². The zero-order chi connectivity index (χ0) is 16.8. The van der Waals surface area contributed by atoms with E-state index < -0.39 is 45.0 Å². The predicted octanol–water partition coefficient (Wildman–Crippen LogP) is -1.09. The van der Waals surface area contributed by atoms with Crippen molar-refractivity contribution in [3.63, 3.8) is 0 Å². The van der Waals surface area contributed by atoms with Gasteiger partial charge in [-0.2, -0.15) is 21.0 Å². The SMILES string of the molecule is CC[C@H](C)[C@H](NC(=O)[C@H](S)[C@H](N)CCS(=O)(=O)O)C(N)=O. The van der Waals surface area contributed by atoms with Crippen LogP contribution in [0.4, 0.5) is 0 Å². The van der Waals surface area contributed by atoms with Crippen LogP contribution in [0.3, 0.4) is 0 Å². The number of carbonyl (C=O) groups is 2. The van der Waals surface area contributed by atoms with Crippen LogP contribution in [0.25, 0.3) is 0 Å². The smallest absolute Gasteiger partial charge is 0.264 e. The first-order valence-electron chi connectivity index (χ1n) is 6.48. The van der Waals surface area contributed by atoms with E-state index in [2.05, 4.69) is 17.9 Å². The highest BCUT2D eigenvalue weighted by Crippen LogP contribution is 2.10. The van der Waals surface area contributed by atoms with Gasteiger partial charge in [0.05, 0.1) is 11.0 Å². The van der Waals surface area contributed by atoms with Gasteiger partial charge in [-0.3, -0.25) is 14.1 Å². The third-order valence-corrected chi connectivity index (χ3v) is 4.57. The number of nitrogens with two attached hydrogens (primary N) is 2. The molecule has 0 saturated heterocycles. The van der Waals surface area contributed by atoms with Crippen molar-refractivity contribution in [1.29, 1.82) is 0 Å². The van der Waals surface area contributed by atoms with Crippen LogP contribution in [0, 0.1) is 5.92 Å². The van der Waals surface area contributed by atoms with Crippen molar-refractivity contribution in [2.24, 2.45) is 17.4 Å². The first kappa shape index (κ1) is 20.2. The van der Waals surface area contributed by atoms with Gasteiger partial charge in [0.25, 0.3) is 10.1 Å². The number of primary amides is 1. The third-order valence-electron chi connectivity index (χ3n) is 3.20. The molecular weight excluding hydrogens is 318 g/mol. The quantitative estimate of drug-likeness (QED) is 0.265. The van der Waals surface area contributed by atoms with Gasteiger partial charge in [-0.25, -0.2) is 0 Å². The normalized spacial score (nSPS) is 17.6. The highest BCUT2D eigenvalue weighted by molar-refractivity contribution is 7.85. The molecule has 0 aromatic heterocycles. The lowest BCUT2D eigenvalue weighted by atomic mass is 9.98. The number of carbonyl (C=O) groups excluding carboxylic acids is 2. The van der Waals surface area contributed by atoms with Gasteiger partial charge < -0.3 is 16.8 Å². The molecule has 4 atom stereocenters. The van der Waals surface area contributed by atoms with Gasteiger partial charge in [-0.15, -0.1) is 0 Å². The Morgan fingerprint density at radius 3 is 2.29 bits per heavy atom. The Morgan fingerprint density at radius 2 is 1.90 bits per heavy atom. The first-order chi connectivity index (χ1) is 9.49. The molecule has 0 spiro atoms. The summed E-state index contributed by atoms with van der Waals surface area (Å²) in [7, 11) is -4.15. The summed E-state index contributed by atoms with van der Waals surface area (Å²) in [5, 5.41) is 1.45. The fraction of sp³-hybridized carbons (Fsp3) is 0.818. The highest BCUT2D eigenvalue weighted by Gasteiger charge is 2.29. The minimum Gasteiger partial charge on any atom is -0.368 e. The largest absolute Gasteiger partial charge is 0.368 e. The zero-order valence-corrected chi connectivity index (χ0v) is 13.7. The highest BCUT2D eigenvalue weighted by atomic mass is 32.2. The van der Waals surface area contributed by atoms with E-state index in [0.29, 0.717) is 6.42 Å². The molecule has 0 aliphatic carbocycles. The van der Waals surface area contributed by atoms with Crippen molar-refractivity contribution in [3.05, 3.63) is 0 Å². The van der Waals surface area contributed by atoms with Crippen LogP contribution in [-0.2, 0) is 19.7 Å². The van der Waals surface area contributed by atoms with Gasteiger partial charge in [0.15, 0.2) is 0 Å². The number of hydrogen-bond acceptors (Lipinski definition) is 6. The second-order valence-electron chi connectivity index (χ2n) is 4.96. The average Bonchev–Trinajstić information content (AvgIpc) is 2.38. The fourth-order valence-electron chi connectivity index (χ4n) is 1.61. The summed E-state index contributed by atoms with van der Waals surface area (Å²) in [4.78, 5) is 23.3. The molecule has 124 valence electrons. The molecule has 0 saturated carbocycles. The number of amides is 2. The Labute approximate surface area is 130 Å². The van der Waals surface area contributed by atoms with Gasteiger partial charge in [0, 0.05) is 6.04 Å². The predicted molar refractivity (Wildman–Crippen MR) is 82.4 cm³/mol. The summed E-state index contributed by atoms with van der Waals surface area (Å²) < 4.78 is 29.9. The Kier molecular flexibility index (Phi) is 8.22. The van der Waals surface area contributed by atoms with Crippen LogP contribution in [0.2, 0.25) is 0 Å². The lowest BCUT2D eigenvalue weighted by molar-refractivity contribution is -0.128. The van der Waals surface area contributed by atoms with Crippen LogP contribution in [0.5, 0.6) is 0 Å². The van der Waals surface area contributed by atoms with Gasteiger partial charge >= 0.3 is 0 Å². The molecule has 0 rings (SSSR count). The second-order valence-corrected chi connectivity index (χ2v) is 7.09. The van der Waals surface area contributed by atoms with Crippen molar-refractivity contribution >= 4 is 34.6 Å². The number of rotatable bonds is 9. The van der Waals surface area contributed by atoms with Crippen molar-refractivity contribution < 1.29 is 22.6 Å². The molecule has 21 heavy (non-hydrogen) atoms. The molecule has 0 bridgehead atoms. The van der Waals surface area contributed by atoms with Crippen LogP contribution in [0.15, 0.2) is 0 Å². The van der Waals surface area contributed by atoms with Crippen LogP contribution in [0.1, 0.15) is 26.7 Å². The van der Waals surface area contributed by atoms with Crippen molar-refractivity contribution in [2.45, 2.75) is 44.0 Å². The number of thiol groups is 1. The van der Waals surface area contributed by atoms with E-state index in [1.54, 1.807) is 6.92 Å². The summed E-state index contributed by atoms with van der Waals surface area (Å²) in [6.45, 7) is 3.62. The lowest BCUT2D eigenvalue weighted by Gasteiger charge is -2.24. The molecule has 0 fully saturated rings. The van der Waals surface area contributed by atoms with Crippen LogP contribution < -0.4 is 16.8 Å². The van der Waals surface area contributed by atoms with E-state index in [1.807, 2.05) is 6.92 Å². The standard InChI is InChI=1S/C11H23N3O5S2/c1-3-6(2)8(10(13)15)14-11(16)9(20)7(12)4-5-21(17,18)19/h6-9,20H,3-5,12H2,1-2H3,(H2,13,15)(H,14,16)(H,17,18,19)/t6-,7+,8-,9+/m0/s1. The summed E-state index contributed by atoms with van der Waals surface area (Å²) in [5.74, 6) is -1.99. The molecule has 10 heteroatoms. The van der Waals surface area contributed by atoms with Gasteiger partial charge in [-0.05, 0) is 12.3 Å². The maximum atomic E-state index is 12.0. The van der Waals surface area contributed by atoms with E-state index in [-0.39, 0.29) is 12.3 Å². The summed E-state index contributed by atoms with van der Waals surface area (Å²) in [6, 6.07) is -1.73. The van der Waals surface area contributed by atoms with E-state index in [9.17, 15) is 18.0 Å². The van der Waals surface area contributed by atoms with E-state index >= 15 is 0 Å². The van der Waals surface area contributed by atoms with E-state index in [0.717, 1.165) is 0 Å².